The average Bonchev–Trinajstić information content (AvgIpc) is 1.21. The van der Waals surface area contributed by atoms with Gasteiger partial charge in [-0.2, -0.15) is 0 Å². The van der Waals surface area contributed by atoms with Crippen LogP contribution in [0.1, 0.15) is 162 Å². The van der Waals surface area contributed by atoms with Gasteiger partial charge >= 0.3 is 5.97 Å². The van der Waals surface area contributed by atoms with Crippen LogP contribution in [0.2, 0.25) is 0 Å². The van der Waals surface area contributed by atoms with Gasteiger partial charge in [0.25, 0.3) is 0 Å². The number of hydrogen-bond donors (Lipinski definition) is 6. The highest BCUT2D eigenvalue weighted by Gasteiger charge is 2.91. The van der Waals surface area contributed by atoms with Crippen molar-refractivity contribution in [3.8, 4) is 23.7 Å². The zero-order chi connectivity index (χ0) is 59.6. The molecule has 19 rings (SSSR count). The van der Waals surface area contributed by atoms with Gasteiger partial charge in [0.1, 0.15) is 23.6 Å². The minimum absolute atomic E-state index is 0.0759. The number of aliphatic hydroxyl groups excluding tert-OH is 2. The number of aldehydes is 1. The predicted molar refractivity (Wildman–Crippen MR) is 331 cm³/mol. The third kappa shape index (κ3) is 6.88. The summed E-state index contributed by atoms with van der Waals surface area (Å²) in [7, 11) is 1.95. The second-order valence-electron chi connectivity index (χ2n) is 32.6. The Kier molecular flexibility index (Phi) is 12.4. The zero-order valence-corrected chi connectivity index (χ0v) is 51.6. The summed E-state index contributed by atoms with van der Waals surface area (Å²) in [4.78, 5) is 30.6. The number of fused-ring (bicyclic) bond motifs is 12. The van der Waals surface area contributed by atoms with Crippen LogP contribution < -0.4 is 5.32 Å². The van der Waals surface area contributed by atoms with Crippen LogP contribution in [0.5, 0.6) is 0 Å². The molecule has 3 aromatic carbocycles. The third-order valence-corrected chi connectivity index (χ3v) is 30.6. The number of benzene rings is 3. The number of hydrogen-bond acceptors (Lipinski definition) is 10. The second-order valence-corrected chi connectivity index (χ2v) is 32.6. The summed E-state index contributed by atoms with van der Waals surface area (Å²) >= 11 is 0. The summed E-state index contributed by atoms with van der Waals surface area (Å²) in [5.74, 6) is 13.0. The molecule has 10 saturated carbocycles. The van der Waals surface area contributed by atoms with Gasteiger partial charge < -0.3 is 45.1 Å². The zero-order valence-electron chi connectivity index (χ0n) is 51.6. The van der Waals surface area contributed by atoms with Gasteiger partial charge in [-0.25, -0.2) is 4.79 Å². The first-order valence-electron chi connectivity index (χ1n) is 35.1. The Balaban J connectivity index is 0.894. The molecule has 19 bridgehead atoms. The molecule has 28 unspecified atom stereocenters. The van der Waals surface area contributed by atoms with E-state index in [1.165, 1.54) is 23.1 Å². The molecule has 3 spiro atoms. The summed E-state index contributed by atoms with van der Waals surface area (Å²) in [5, 5.41) is 76.0. The Bertz CT molecular complexity index is 3560. The van der Waals surface area contributed by atoms with E-state index in [1.807, 2.05) is 25.2 Å². The molecule has 10 nitrogen and oxygen atoms in total. The molecule has 1 saturated heterocycles. The van der Waals surface area contributed by atoms with E-state index in [-0.39, 0.29) is 84.0 Å². The molecule has 13 aliphatic carbocycles. The van der Waals surface area contributed by atoms with Crippen LogP contribution >= 0.6 is 0 Å². The smallest absolute Gasteiger partial charge is 0.331 e. The lowest BCUT2D eigenvalue weighted by Gasteiger charge is -2.79. The summed E-state index contributed by atoms with van der Waals surface area (Å²) in [6.07, 6.45) is 15.7. The number of nitrogens with one attached hydrogen (secondary N) is 1. The summed E-state index contributed by atoms with van der Waals surface area (Å²) < 4.78 is 14.8. The highest BCUT2D eigenvalue weighted by Crippen LogP contribution is 2.87. The number of carbonyl (C=O) groups excluding carboxylic acids is 2. The maximum absolute atomic E-state index is 16.4. The molecular formula is C78H91NO9. The minimum Gasteiger partial charge on any atom is -0.454 e. The van der Waals surface area contributed by atoms with Gasteiger partial charge in [-0.1, -0.05) is 91.4 Å². The molecule has 0 radical (unpaired) electrons. The standard InChI is InChI=1S/C78H91NO9/c1-43-49-21-20-46(31-49)30-44-11-8-12-45(29-44)32-65-56-25-28-72-27-24-54(47-13-4-3-5-14-47)55-19-10-17-51-38-73-26-7-6-15-48-16-9-18-52(40-80)57(48)35-64(79-2)58-33-53(67(73)59-36-66(82)88-68(58)59)39-76(73,84)78(86)69(51)74(42-81)41-75(72,62(56)37-61(55)72)71(87-65)60-23-22-50(43)34-63(70(78)83)77(60,74)85/h3-5,8-9,11-14,16,18,29,36,42-43,46,49-51,53-56,58,60-65,67-71,79-80,83-86H,7,19-28,30-35,37-41H2,1-2H3. The largest absolute Gasteiger partial charge is 0.454 e. The molecule has 3 aliphatic heterocycles. The van der Waals surface area contributed by atoms with Crippen molar-refractivity contribution in [3.05, 3.63) is 118 Å². The number of carbonyl (C=O) groups is 2. The topological polar surface area (TPSA) is 166 Å². The first kappa shape index (κ1) is 56.2. The van der Waals surface area contributed by atoms with Gasteiger partial charge in [0.2, 0.25) is 0 Å². The minimum atomic E-state index is -2.34. The Morgan fingerprint density at radius 3 is 2.39 bits per heavy atom. The van der Waals surface area contributed by atoms with Gasteiger partial charge in [0, 0.05) is 70.9 Å². The van der Waals surface area contributed by atoms with Crippen LogP contribution in [0.3, 0.4) is 0 Å². The van der Waals surface area contributed by atoms with Crippen LogP contribution in [0, 0.1) is 134 Å². The van der Waals surface area contributed by atoms with Crippen molar-refractivity contribution in [1.29, 1.82) is 0 Å². The lowest BCUT2D eigenvalue weighted by atomic mass is 9.28. The van der Waals surface area contributed by atoms with E-state index in [4.69, 9.17) is 9.47 Å². The Morgan fingerprint density at radius 1 is 0.750 bits per heavy atom. The molecule has 0 amide bonds. The Labute approximate surface area is 520 Å². The van der Waals surface area contributed by atoms with Gasteiger partial charge in [-0.05, 0) is 239 Å². The number of ether oxygens (including phenoxy) is 2. The maximum Gasteiger partial charge on any atom is 0.331 e. The van der Waals surface area contributed by atoms with Crippen LogP contribution in [0.4, 0.5) is 0 Å². The van der Waals surface area contributed by atoms with E-state index >= 15 is 20.1 Å². The van der Waals surface area contributed by atoms with Crippen LogP contribution in [0.25, 0.3) is 0 Å². The highest BCUT2D eigenvalue weighted by molar-refractivity contribution is 5.86. The van der Waals surface area contributed by atoms with Crippen molar-refractivity contribution in [3.63, 3.8) is 0 Å². The Hall–Kier alpha value is -4.62. The number of esters is 1. The number of rotatable bonds is 4. The van der Waals surface area contributed by atoms with E-state index in [1.54, 1.807) is 6.08 Å². The molecule has 88 heavy (non-hydrogen) atoms. The van der Waals surface area contributed by atoms with Crippen molar-refractivity contribution in [2.45, 2.75) is 202 Å². The molecule has 3 aromatic rings. The monoisotopic (exact) mass is 1190 g/mol. The van der Waals surface area contributed by atoms with E-state index in [2.05, 4.69) is 90.5 Å². The lowest BCUT2D eigenvalue weighted by Crippen LogP contribution is -2.89. The van der Waals surface area contributed by atoms with Crippen molar-refractivity contribution in [1.82, 2.24) is 5.32 Å². The molecule has 11 fully saturated rings. The van der Waals surface area contributed by atoms with Gasteiger partial charge in [0.05, 0.1) is 35.9 Å². The number of likely N-dealkylation sites (N-methyl/N-ethyl adjacent to an activating group) is 1. The molecule has 462 valence electrons. The van der Waals surface area contributed by atoms with Crippen LogP contribution in [-0.2, 0) is 44.9 Å². The van der Waals surface area contributed by atoms with Crippen molar-refractivity contribution in [2.24, 2.45) is 110 Å². The van der Waals surface area contributed by atoms with E-state index in [9.17, 15) is 15.0 Å². The molecule has 10 heteroatoms. The fourth-order valence-corrected chi connectivity index (χ4v) is 27.8. The Morgan fingerprint density at radius 2 is 1.56 bits per heavy atom. The van der Waals surface area contributed by atoms with Gasteiger partial charge in [-0.15, -0.1) is 5.92 Å². The van der Waals surface area contributed by atoms with Gasteiger partial charge in [0.15, 0.2) is 0 Å². The first-order valence-corrected chi connectivity index (χ1v) is 35.1. The summed E-state index contributed by atoms with van der Waals surface area (Å²) in [6, 6.07) is 26.3. The number of aliphatic hydroxyl groups is 5. The summed E-state index contributed by atoms with van der Waals surface area (Å²) in [5.41, 5.74) is -2.20. The average molecular weight is 1190 g/mol. The first-order chi connectivity index (χ1) is 42.7. The van der Waals surface area contributed by atoms with E-state index in [0.717, 1.165) is 92.8 Å². The lowest BCUT2D eigenvalue weighted by molar-refractivity contribution is -0.409. The molecular weight excluding hydrogens is 1090 g/mol. The van der Waals surface area contributed by atoms with Crippen LogP contribution in [-0.4, -0.2) is 92.1 Å². The fraction of sp³-hybridized carbons (Fsp3) is 0.667. The van der Waals surface area contributed by atoms with Crippen molar-refractivity contribution in [2.75, 3.05) is 7.05 Å². The van der Waals surface area contributed by atoms with Crippen molar-refractivity contribution >= 4 is 12.3 Å². The third-order valence-electron chi connectivity index (χ3n) is 30.6. The summed E-state index contributed by atoms with van der Waals surface area (Å²) in [6.45, 7) is 2.30. The van der Waals surface area contributed by atoms with Gasteiger partial charge in [-0.3, -0.25) is 0 Å². The molecule has 3 heterocycles. The molecule has 16 aliphatic rings. The maximum atomic E-state index is 16.4. The fourth-order valence-electron chi connectivity index (χ4n) is 27.8. The molecule has 0 aromatic heterocycles. The van der Waals surface area contributed by atoms with E-state index in [0.29, 0.717) is 75.5 Å². The SMILES string of the molecule is CNC1Cc2c(cccc2CO)C#CCCC23CC4C#CCC5C(c6ccccc6)CCC67CCC8C9Cc%10cccc(c%10)CC%10CCC(C%10)C(C)C%10CCC%11C(O9)C6(CC6(C=O)C4C(O)(C(O)C(C%10)C%116O)C2(O)CC2CC1C1OC(=O)C=C1C23)C8CC57. The second kappa shape index (κ2) is 19.5. The predicted octanol–water partition coefficient (Wildman–Crippen LogP) is 10.0. The molecule has 28 atom stereocenters. The normalized spacial score (nSPS) is 51.6. The van der Waals surface area contributed by atoms with Crippen LogP contribution in [0.15, 0.2) is 84.4 Å². The molecule has 6 N–H and O–H groups in total. The van der Waals surface area contributed by atoms with Crippen molar-refractivity contribution < 1.29 is 44.6 Å². The van der Waals surface area contributed by atoms with E-state index < -0.39 is 80.8 Å². The highest BCUT2D eigenvalue weighted by atomic mass is 16.5. The quantitative estimate of drug-likeness (QED) is 0.0842.